The molecule has 0 saturated heterocycles. The van der Waals surface area contributed by atoms with Crippen molar-refractivity contribution in [2.24, 2.45) is 17.2 Å². The number of hydrazine groups is 1. The maximum atomic E-state index is 13.5. The minimum atomic E-state index is -0.0742. The molecule has 2 aromatic heterocycles. The van der Waals surface area contributed by atoms with Crippen molar-refractivity contribution in [3.8, 4) is 11.4 Å². The topological polar surface area (TPSA) is 82.2 Å². The molecule has 0 saturated carbocycles. The third-order valence-electron chi connectivity index (χ3n) is 5.77. The summed E-state index contributed by atoms with van der Waals surface area (Å²) >= 11 is 1.63. The van der Waals surface area contributed by atoms with Crippen molar-refractivity contribution in [3.63, 3.8) is 0 Å². The first kappa shape index (κ1) is 19.0. The molecule has 3 N–H and O–H groups in total. The van der Waals surface area contributed by atoms with Crippen LogP contribution >= 0.6 is 11.3 Å². The monoisotopic (exact) mass is 398 g/mol. The van der Waals surface area contributed by atoms with Crippen LogP contribution in [0.3, 0.4) is 0 Å². The number of nitrogens with two attached hydrogens (primary N) is 1. The van der Waals surface area contributed by atoms with Gasteiger partial charge in [0.05, 0.1) is 18.2 Å². The second-order valence-corrected chi connectivity index (χ2v) is 9.49. The summed E-state index contributed by atoms with van der Waals surface area (Å²) in [6, 6.07) is 7.32. The molecule has 4 rings (SSSR count). The lowest BCUT2D eigenvalue weighted by molar-refractivity contribution is 0.218. The maximum absolute atomic E-state index is 13.5. The largest absolute Gasteiger partial charge is 0.497 e. The summed E-state index contributed by atoms with van der Waals surface area (Å²) in [4.78, 5) is 20.2. The summed E-state index contributed by atoms with van der Waals surface area (Å²) in [7, 11) is 1.62. The number of nitrogens with zero attached hydrogens (tertiary/aromatic N) is 2. The van der Waals surface area contributed by atoms with Crippen LogP contribution in [0, 0.1) is 11.3 Å². The van der Waals surface area contributed by atoms with E-state index in [1.807, 2.05) is 24.3 Å². The van der Waals surface area contributed by atoms with Crippen LogP contribution in [0.15, 0.2) is 29.1 Å². The molecular formula is C21H26N4O2S. The maximum Gasteiger partial charge on any atom is 0.268 e. The molecular weight excluding hydrogens is 372 g/mol. The quantitative estimate of drug-likeness (QED) is 0.517. The number of fused-ring (bicyclic) bond motifs is 3. The predicted molar refractivity (Wildman–Crippen MR) is 115 cm³/mol. The molecule has 1 aliphatic carbocycles. The van der Waals surface area contributed by atoms with Gasteiger partial charge < -0.3 is 4.74 Å². The van der Waals surface area contributed by atoms with Crippen LogP contribution in [0.25, 0.3) is 15.9 Å². The van der Waals surface area contributed by atoms with Crippen LogP contribution in [-0.4, -0.2) is 16.7 Å². The number of aryl methyl sites for hydroxylation is 1. The summed E-state index contributed by atoms with van der Waals surface area (Å²) < 4.78 is 6.77. The Bertz CT molecular complexity index is 1080. The molecule has 0 spiro atoms. The molecule has 28 heavy (non-hydrogen) atoms. The van der Waals surface area contributed by atoms with Gasteiger partial charge in [0.1, 0.15) is 10.6 Å². The van der Waals surface area contributed by atoms with Crippen LogP contribution < -0.4 is 21.6 Å². The summed E-state index contributed by atoms with van der Waals surface area (Å²) in [5.41, 5.74) is 4.66. The van der Waals surface area contributed by atoms with Crippen LogP contribution in [0.4, 0.5) is 5.95 Å². The highest BCUT2D eigenvalue weighted by Gasteiger charge is 2.32. The molecule has 2 heterocycles. The van der Waals surface area contributed by atoms with E-state index in [4.69, 9.17) is 10.6 Å². The van der Waals surface area contributed by atoms with Crippen LogP contribution in [-0.2, 0) is 12.8 Å². The molecule has 3 aromatic rings. The number of nitrogen functional groups attached to an aromatic ring is 1. The molecule has 1 aliphatic rings. The molecule has 1 atom stereocenters. The van der Waals surface area contributed by atoms with Gasteiger partial charge in [0.2, 0.25) is 5.95 Å². The standard InChI is InChI=1S/C21H26N4O2S/c1-21(2,3)12-5-10-15-16(11-12)28-18-17(15)19(26)25(20(23-18)24-22)13-6-8-14(27-4)9-7-13/h6-9,12H,5,10-11,22H2,1-4H3,(H,23,24). The second-order valence-electron chi connectivity index (χ2n) is 8.41. The first-order chi connectivity index (χ1) is 13.3. The van der Waals surface area contributed by atoms with E-state index in [0.717, 1.165) is 35.2 Å². The average molecular weight is 399 g/mol. The van der Waals surface area contributed by atoms with Gasteiger partial charge in [0.25, 0.3) is 5.56 Å². The Balaban J connectivity index is 1.89. The SMILES string of the molecule is COc1ccc(-n2c(NN)nc3sc4c(c3c2=O)CCC(C(C)(C)C)C4)cc1. The minimum Gasteiger partial charge on any atom is -0.497 e. The van der Waals surface area contributed by atoms with Crippen molar-refractivity contribution in [1.29, 1.82) is 0 Å². The van der Waals surface area contributed by atoms with Gasteiger partial charge >= 0.3 is 0 Å². The Labute approximate surface area is 168 Å². The Hall–Kier alpha value is -2.38. The Morgan fingerprint density at radius 3 is 2.61 bits per heavy atom. The molecule has 0 fully saturated rings. The van der Waals surface area contributed by atoms with E-state index in [-0.39, 0.29) is 11.0 Å². The smallest absolute Gasteiger partial charge is 0.268 e. The summed E-state index contributed by atoms with van der Waals surface area (Å²) in [6.07, 6.45) is 3.03. The lowest BCUT2D eigenvalue weighted by Crippen LogP contribution is -2.28. The summed E-state index contributed by atoms with van der Waals surface area (Å²) in [6.45, 7) is 6.88. The first-order valence-electron chi connectivity index (χ1n) is 9.52. The van der Waals surface area contributed by atoms with Gasteiger partial charge in [-0.3, -0.25) is 10.2 Å². The number of thiophene rings is 1. The van der Waals surface area contributed by atoms with E-state index in [2.05, 4.69) is 31.2 Å². The second kappa shape index (κ2) is 6.90. The molecule has 0 aliphatic heterocycles. The van der Waals surface area contributed by atoms with Crippen molar-refractivity contribution < 1.29 is 4.74 Å². The van der Waals surface area contributed by atoms with E-state index < -0.39 is 0 Å². The lowest BCUT2D eigenvalue weighted by Gasteiger charge is -2.33. The van der Waals surface area contributed by atoms with Gasteiger partial charge in [-0.1, -0.05) is 20.8 Å². The number of hydrogen-bond donors (Lipinski definition) is 2. The molecule has 0 radical (unpaired) electrons. The zero-order chi connectivity index (χ0) is 20.1. The van der Waals surface area contributed by atoms with E-state index in [1.165, 1.54) is 10.4 Å². The van der Waals surface area contributed by atoms with Crippen molar-refractivity contribution in [3.05, 3.63) is 45.1 Å². The van der Waals surface area contributed by atoms with Gasteiger partial charge in [-0.2, -0.15) is 0 Å². The van der Waals surface area contributed by atoms with Crippen molar-refractivity contribution in [2.45, 2.75) is 40.0 Å². The minimum absolute atomic E-state index is 0.0742. The number of rotatable bonds is 3. The fourth-order valence-electron chi connectivity index (χ4n) is 4.03. The molecule has 148 valence electrons. The highest BCUT2D eigenvalue weighted by molar-refractivity contribution is 7.18. The molecule has 0 amide bonds. The van der Waals surface area contributed by atoms with Crippen LogP contribution in [0.5, 0.6) is 5.75 Å². The zero-order valence-corrected chi connectivity index (χ0v) is 17.5. The Kier molecular flexibility index (Phi) is 4.67. The number of anilines is 1. The fourth-order valence-corrected chi connectivity index (χ4v) is 5.32. The van der Waals surface area contributed by atoms with Gasteiger partial charge in [-0.05, 0) is 60.4 Å². The highest BCUT2D eigenvalue weighted by Crippen LogP contribution is 2.42. The van der Waals surface area contributed by atoms with Crippen LogP contribution in [0.1, 0.15) is 37.6 Å². The third kappa shape index (κ3) is 3.08. The van der Waals surface area contributed by atoms with E-state index in [0.29, 0.717) is 17.6 Å². The number of nitrogens with one attached hydrogen (secondary N) is 1. The molecule has 1 aromatic carbocycles. The number of benzene rings is 1. The fraction of sp³-hybridized carbons (Fsp3) is 0.429. The van der Waals surface area contributed by atoms with Gasteiger partial charge in [0.15, 0.2) is 0 Å². The van der Waals surface area contributed by atoms with Gasteiger partial charge in [0, 0.05) is 4.88 Å². The molecule has 0 bridgehead atoms. The van der Waals surface area contributed by atoms with E-state index in [1.54, 1.807) is 23.0 Å². The third-order valence-corrected chi connectivity index (χ3v) is 6.92. The normalized spacial score (nSPS) is 16.8. The van der Waals surface area contributed by atoms with E-state index >= 15 is 0 Å². The van der Waals surface area contributed by atoms with E-state index in [9.17, 15) is 4.79 Å². The van der Waals surface area contributed by atoms with Crippen molar-refractivity contribution in [1.82, 2.24) is 9.55 Å². The van der Waals surface area contributed by atoms with Crippen molar-refractivity contribution in [2.75, 3.05) is 12.5 Å². The molecule has 7 heteroatoms. The Morgan fingerprint density at radius 2 is 2.00 bits per heavy atom. The number of aromatic nitrogens is 2. The van der Waals surface area contributed by atoms with Crippen molar-refractivity contribution >= 4 is 27.5 Å². The summed E-state index contributed by atoms with van der Waals surface area (Å²) in [5, 5.41) is 0.738. The molecule has 6 nitrogen and oxygen atoms in total. The first-order valence-corrected chi connectivity index (χ1v) is 10.3. The predicted octanol–water partition coefficient (Wildman–Crippen LogP) is 3.89. The highest BCUT2D eigenvalue weighted by atomic mass is 32.1. The summed E-state index contributed by atoms with van der Waals surface area (Å²) in [5.74, 6) is 7.40. The number of methoxy groups -OCH3 is 1. The lowest BCUT2D eigenvalue weighted by atomic mass is 9.72. The number of ether oxygens (including phenoxy) is 1. The average Bonchev–Trinajstić information content (AvgIpc) is 3.05. The van der Waals surface area contributed by atoms with Gasteiger partial charge in [-0.15, -0.1) is 11.3 Å². The number of hydrogen-bond acceptors (Lipinski definition) is 6. The molecule has 1 unspecified atom stereocenters. The van der Waals surface area contributed by atoms with Crippen LogP contribution in [0.2, 0.25) is 0 Å². The van der Waals surface area contributed by atoms with Gasteiger partial charge in [-0.25, -0.2) is 15.4 Å². The Morgan fingerprint density at radius 1 is 1.29 bits per heavy atom. The zero-order valence-electron chi connectivity index (χ0n) is 16.7.